The summed E-state index contributed by atoms with van der Waals surface area (Å²) in [5, 5.41) is 9.01. The zero-order valence-corrected chi connectivity index (χ0v) is 10.5. The van der Waals surface area contributed by atoms with Crippen molar-refractivity contribution >= 4 is 27.5 Å². The lowest BCUT2D eigenvalue weighted by Crippen LogP contribution is -1.91. The number of H-pyrrole nitrogens is 1. The summed E-state index contributed by atoms with van der Waals surface area (Å²) < 4.78 is 0. The predicted molar refractivity (Wildman–Crippen MR) is 79.0 cm³/mol. The molecule has 0 bridgehead atoms. The Morgan fingerprint density at radius 1 is 0.950 bits per heavy atom. The maximum absolute atomic E-state index is 5.80. The molecule has 0 spiro atoms. The van der Waals surface area contributed by atoms with Crippen molar-refractivity contribution in [2.45, 2.75) is 0 Å². The Kier molecular flexibility index (Phi) is 2.20. The molecule has 4 rings (SSSR count). The summed E-state index contributed by atoms with van der Waals surface area (Å²) in [6, 6.07) is 11.6. The van der Waals surface area contributed by atoms with Gasteiger partial charge in [-0.3, -0.25) is 5.10 Å². The van der Waals surface area contributed by atoms with E-state index in [0.717, 1.165) is 27.4 Å². The lowest BCUT2D eigenvalue weighted by molar-refractivity contribution is 1.12. The van der Waals surface area contributed by atoms with Crippen molar-refractivity contribution in [2.75, 3.05) is 5.73 Å². The molecule has 0 radical (unpaired) electrons. The van der Waals surface area contributed by atoms with Gasteiger partial charge in [-0.2, -0.15) is 5.10 Å². The molecule has 0 aliphatic heterocycles. The minimum absolute atomic E-state index is 0.680. The molecule has 0 fully saturated rings. The normalized spacial score (nSPS) is 11.2. The van der Waals surface area contributed by atoms with E-state index in [-0.39, 0.29) is 0 Å². The van der Waals surface area contributed by atoms with Crippen molar-refractivity contribution in [1.82, 2.24) is 20.2 Å². The third kappa shape index (κ3) is 1.68. The molecule has 20 heavy (non-hydrogen) atoms. The summed E-state index contributed by atoms with van der Waals surface area (Å²) in [7, 11) is 0. The number of fused-ring (bicyclic) bond motifs is 2. The van der Waals surface area contributed by atoms with E-state index in [0.29, 0.717) is 11.5 Å². The van der Waals surface area contributed by atoms with Crippen molar-refractivity contribution in [3.63, 3.8) is 0 Å². The molecule has 2 aromatic heterocycles. The zero-order valence-electron chi connectivity index (χ0n) is 10.5. The number of rotatable bonds is 1. The van der Waals surface area contributed by atoms with Gasteiger partial charge in [0.2, 0.25) is 0 Å². The van der Waals surface area contributed by atoms with E-state index < -0.39 is 0 Å². The lowest BCUT2D eigenvalue weighted by atomic mass is 10.1. The maximum Gasteiger partial charge on any atom is 0.159 e. The van der Waals surface area contributed by atoms with Gasteiger partial charge in [0.1, 0.15) is 0 Å². The first-order chi connectivity index (χ1) is 9.79. The summed E-state index contributed by atoms with van der Waals surface area (Å²) in [5.74, 6) is 0.680. The van der Waals surface area contributed by atoms with Gasteiger partial charge in [0.05, 0.1) is 17.2 Å². The minimum atomic E-state index is 0.680. The highest BCUT2D eigenvalue weighted by atomic mass is 15.1. The standard InChI is InChI=1S/C15H11N5/c16-12-4-3-10-7-17-15(19-13(10)6-12)9-1-2-11-8-18-20-14(11)5-9/h1-8H,16H2,(H,18,20). The Hall–Kier alpha value is -2.95. The molecular formula is C15H11N5. The second-order valence-electron chi connectivity index (χ2n) is 4.68. The molecule has 2 heterocycles. The molecule has 0 aliphatic rings. The number of benzene rings is 2. The Morgan fingerprint density at radius 2 is 1.85 bits per heavy atom. The number of nitrogens with two attached hydrogens (primary N) is 1. The second-order valence-corrected chi connectivity index (χ2v) is 4.68. The Balaban J connectivity index is 1.91. The van der Waals surface area contributed by atoms with Gasteiger partial charge in [0, 0.05) is 28.2 Å². The second kappa shape index (κ2) is 4.03. The van der Waals surface area contributed by atoms with Crippen molar-refractivity contribution in [3.8, 4) is 11.4 Å². The van der Waals surface area contributed by atoms with Gasteiger partial charge in [0.15, 0.2) is 5.82 Å². The fourth-order valence-electron chi connectivity index (χ4n) is 2.26. The first-order valence-electron chi connectivity index (χ1n) is 6.25. The number of hydrogen-bond acceptors (Lipinski definition) is 4. The molecule has 0 saturated heterocycles. The van der Waals surface area contributed by atoms with Gasteiger partial charge in [-0.1, -0.05) is 12.1 Å². The molecule has 5 heteroatoms. The van der Waals surface area contributed by atoms with Crippen LogP contribution in [0.2, 0.25) is 0 Å². The van der Waals surface area contributed by atoms with Gasteiger partial charge in [0.25, 0.3) is 0 Å². The van der Waals surface area contributed by atoms with E-state index >= 15 is 0 Å². The quantitative estimate of drug-likeness (QED) is 0.516. The molecule has 4 aromatic rings. The Bertz CT molecular complexity index is 926. The number of nitrogens with one attached hydrogen (secondary N) is 1. The average molecular weight is 261 g/mol. The first kappa shape index (κ1) is 10.9. The number of anilines is 1. The van der Waals surface area contributed by atoms with Crippen LogP contribution in [0.5, 0.6) is 0 Å². The Morgan fingerprint density at radius 3 is 2.80 bits per heavy atom. The molecule has 0 aliphatic carbocycles. The van der Waals surface area contributed by atoms with Gasteiger partial charge in [-0.05, 0) is 24.3 Å². The number of nitrogen functional groups attached to an aromatic ring is 1. The highest BCUT2D eigenvalue weighted by Crippen LogP contribution is 2.22. The van der Waals surface area contributed by atoms with Crippen LogP contribution in [0, 0.1) is 0 Å². The molecule has 3 N–H and O–H groups in total. The van der Waals surface area contributed by atoms with Crippen LogP contribution >= 0.6 is 0 Å². The SMILES string of the molecule is Nc1ccc2cnc(-c3ccc4cn[nH]c4c3)nc2c1. The fraction of sp³-hybridized carbons (Fsp3) is 0. The number of aromatic nitrogens is 4. The van der Waals surface area contributed by atoms with Gasteiger partial charge in [-0.15, -0.1) is 0 Å². The van der Waals surface area contributed by atoms with Crippen molar-refractivity contribution in [3.05, 3.63) is 48.8 Å². The third-order valence-electron chi connectivity index (χ3n) is 3.31. The maximum atomic E-state index is 5.80. The smallest absolute Gasteiger partial charge is 0.159 e. The zero-order chi connectivity index (χ0) is 13.5. The summed E-state index contributed by atoms with van der Waals surface area (Å²) in [6.45, 7) is 0. The van der Waals surface area contributed by atoms with E-state index in [9.17, 15) is 0 Å². The van der Waals surface area contributed by atoms with Crippen LogP contribution in [0.15, 0.2) is 48.8 Å². The third-order valence-corrected chi connectivity index (χ3v) is 3.31. The van der Waals surface area contributed by atoms with Gasteiger partial charge < -0.3 is 5.73 Å². The molecule has 0 saturated carbocycles. The topological polar surface area (TPSA) is 80.5 Å². The van der Waals surface area contributed by atoms with Crippen LogP contribution in [0.4, 0.5) is 5.69 Å². The fourth-order valence-corrected chi connectivity index (χ4v) is 2.26. The van der Waals surface area contributed by atoms with E-state index in [1.807, 2.05) is 42.6 Å². The van der Waals surface area contributed by atoms with E-state index in [1.54, 1.807) is 6.20 Å². The first-order valence-corrected chi connectivity index (χ1v) is 6.25. The summed E-state index contributed by atoms with van der Waals surface area (Å²) in [6.07, 6.45) is 3.61. The summed E-state index contributed by atoms with van der Waals surface area (Å²) in [4.78, 5) is 8.98. The highest BCUT2D eigenvalue weighted by Gasteiger charge is 2.05. The monoisotopic (exact) mass is 261 g/mol. The minimum Gasteiger partial charge on any atom is -0.399 e. The molecule has 5 nitrogen and oxygen atoms in total. The number of nitrogens with zero attached hydrogens (tertiary/aromatic N) is 3. The van der Waals surface area contributed by atoms with E-state index in [2.05, 4.69) is 20.2 Å². The van der Waals surface area contributed by atoms with Crippen LogP contribution in [0.25, 0.3) is 33.2 Å². The molecule has 2 aromatic carbocycles. The number of aromatic amines is 1. The lowest BCUT2D eigenvalue weighted by Gasteiger charge is -2.03. The van der Waals surface area contributed by atoms with Crippen LogP contribution < -0.4 is 5.73 Å². The summed E-state index contributed by atoms with van der Waals surface area (Å²) in [5.41, 5.74) is 9.27. The molecule has 96 valence electrons. The van der Waals surface area contributed by atoms with Crippen LogP contribution in [-0.2, 0) is 0 Å². The number of hydrogen-bond donors (Lipinski definition) is 2. The predicted octanol–water partition coefficient (Wildman–Crippen LogP) is 2.76. The molecular weight excluding hydrogens is 250 g/mol. The average Bonchev–Trinajstić information content (AvgIpc) is 2.93. The van der Waals surface area contributed by atoms with Gasteiger partial charge >= 0.3 is 0 Å². The Labute approximate surface area is 114 Å². The van der Waals surface area contributed by atoms with Crippen LogP contribution in [0.1, 0.15) is 0 Å². The largest absolute Gasteiger partial charge is 0.399 e. The molecule has 0 unspecified atom stereocenters. The van der Waals surface area contributed by atoms with Crippen molar-refractivity contribution in [2.24, 2.45) is 0 Å². The molecule has 0 amide bonds. The van der Waals surface area contributed by atoms with Crippen LogP contribution in [-0.4, -0.2) is 20.2 Å². The van der Waals surface area contributed by atoms with Crippen LogP contribution in [0.3, 0.4) is 0 Å². The van der Waals surface area contributed by atoms with E-state index in [1.165, 1.54) is 0 Å². The van der Waals surface area contributed by atoms with Gasteiger partial charge in [-0.25, -0.2) is 9.97 Å². The van der Waals surface area contributed by atoms with Crippen molar-refractivity contribution in [1.29, 1.82) is 0 Å². The van der Waals surface area contributed by atoms with E-state index in [4.69, 9.17) is 5.73 Å². The summed E-state index contributed by atoms with van der Waals surface area (Å²) >= 11 is 0. The molecule has 0 atom stereocenters. The van der Waals surface area contributed by atoms with Crippen molar-refractivity contribution < 1.29 is 0 Å². The highest BCUT2D eigenvalue weighted by molar-refractivity contribution is 5.85.